The van der Waals surface area contributed by atoms with Gasteiger partial charge in [-0.2, -0.15) is 0 Å². The van der Waals surface area contributed by atoms with E-state index in [-0.39, 0.29) is 0 Å². The summed E-state index contributed by atoms with van der Waals surface area (Å²) in [6.45, 7) is 0. The number of rotatable bonds is 4. The molecule has 1 aromatic heterocycles. The summed E-state index contributed by atoms with van der Waals surface area (Å²) in [7, 11) is 1.69. The maximum atomic E-state index is 5.18. The number of hydrogen-bond donors (Lipinski definition) is 0. The summed E-state index contributed by atoms with van der Waals surface area (Å²) in [6.07, 6.45) is 3.69. The number of methoxy groups -OCH3 is 1. The lowest BCUT2D eigenvalue weighted by atomic mass is 10.3. The van der Waals surface area contributed by atoms with Crippen LogP contribution in [0.1, 0.15) is 5.56 Å². The van der Waals surface area contributed by atoms with Crippen LogP contribution in [0.15, 0.2) is 53.7 Å². The maximum Gasteiger partial charge on any atom is 0.119 e. The van der Waals surface area contributed by atoms with Crippen LogP contribution in [-0.2, 0) is 5.75 Å². The van der Waals surface area contributed by atoms with Gasteiger partial charge in [-0.1, -0.05) is 12.1 Å². The molecule has 2 aromatic rings. The van der Waals surface area contributed by atoms with E-state index in [2.05, 4.69) is 17.1 Å². The summed E-state index contributed by atoms with van der Waals surface area (Å²) in [6, 6.07) is 12.1. The van der Waals surface area contributed by atoms with Crippen molar-refractivity contribution < 1.29 is 4.74 Å². The second kappa shape index (κ2) is 5.56. The van der Waals surface area contributed by atoms with Crippen molar-refractivity contribution in [3.8, 4) is 5.75 Å². The van der Waals surface area contributed by atoms with Gasteiger partial charge < -0.3 is 4.74 Å². The highest BCUT2D eigenvalue weighted by Crippen LogP contribution is 2.25. The van der Waals surface area contributed by atoms with Gasteiger partial charge in [0.25, 0.3) is 0 Å². The normalized spacial score (nSPS) is 10.1. The van der Waals surface area contributed by atoms with Gasteiger partial charge in [-0.3, -0.25) is 4.98 Å². The minimum atomic E-state index is 0.899. The predicted molar refractivity (Wildman–Crippen MR) is 66.8 cm³/mol. The van der Waals surface area contributed by atoms with E-state index in [1.165, 1.54) is 10.5 Å². The molecule has 0 atom stereocenters. The molecule has 0 unspecified atom stereocenters. The third kappa shape index (κ3) is 3.00. The molecule has 0 fully saturated rings. The Morgan fingerprint density at radius 3 is 2.94 bits per heavy atom. The Labute approximate surface area is 99.7 Å². The van der Waals surface area contributed by atoms with Crippen molar-refractivity contribution in [3.63, 3.8) is 0 Å². The number of nitrogens with zero attached hydrogens (tertiary/aromatic N) is 1. The molecular formula is C13H13NOS. The quantitative estimate of drug-likeness (QED) is 0.753. The highest BCUT2D eigenvalue weighted by molar-refractivity contribution is 7.98. The molecule has 0 aliphatic carbocycles. The van der Waals surface area contributed by atoms with Crippen LogP contribution in [0.25, 0.3) is 0 Å². The maximum absolute atomic E-state index is 5.18. The molecule has 2 rings (SSSR count). The van der Waals surface area contributed by atoms with Gasteiger partial charge in [-0.05, 0) is 29.8 Å². The van der Waals surface area contributed by atoms with Crippen molar-refractivity contribution in [1.82, 2.24) is 4.98 Å². The van der Waals surface area contributed by atoms with E-state index < -0.39 is 0 Å². The summed E-state index contributed by atoms with van der Waals surface area (Å²) in [5.74, 6) is 1.83. The van der Waals surface area contributed by atoms with Crippen molar-refractivity contribution in [2.45, 2.75) is 10.6 Å². The van der Waals surface area contributed by atoms with Crippen LogP contribution in [-0.4, -0.2) is 12.1 Å². The van der Waals surface area contributed by atoms with Gasteiger partial charge in [0.1, 0.15) is 5.75 Å². The lowest BCUT2D eigenvalue weighted by Crippen LogP contribution is -1.84. The molecule has 0 N–H and O–H groups in total. The Bertz CT molecular complexity index is 445. The van der Waals surface area contributed by atoms with Gasteiger partial charge in [0.05, 0.1) is 7.11 Å². The molecule has 2 nitrogen and oxygen atoms in total. The molecule has 0 radical (unpaired) electrons. The second-order valence-corrected chi connectivity index (χ2v) is 4.38. The fourth-order valence-electron chi connectivity index (χ4n) is 1.34. The number of pyridine rings is 1. The molecule has 1 heterocycles. The third-order valence-electron chi connectivity index (χ3n) is 2.17. The van der Waals surface area contributed by atoms with Crippen molar-refractivity contribution in [2.75, 3.05) is 7.11 Å². The Morgan fingerprint density at radius 2 is 2.19 bits per heavy atom. The zero-order chi connectivity index (χ0) is 11.2. The summed E-state index contributed by atoms with van der Waals surface area (Å²) >= 11 is 1.78. The summed E-state index contributed by atoms with van der Waals surface area (Å²) in [4.78, 5) is 5.30. The number of ether oxygens (including phenoxy) is 1. The average Bonchev–Trinajstić information content (AvgIpc) is 2.38. The molecule has 3 heteroatoms. The molecule has 0 amide bonds. The summed E-state index contributed by atoms with van der Waals surface area (Å²) in [5, 5.41) is 0. The zero-order valence-corrected chi connectivity index (χ0v) is 9.91. The Balaban J connectivity index is 1.99. The lowest BCUT2D eigenvalue weighted by Gasteiger charge is -2.04. The van der Waals surface area contributed by atoms with E-state index in [4.69, 9.17) is 4.74 Å². The van der Waals surface area contributed by atoms with Crippen LogP contribution in [0.5, 0.6) is 5.75 Å². The molecule has 0 saturated carbocycles. The fourth-order valence-corrected chi connectivity index (χ4v) is 2.22. The van der Waals surface area contributed by atoms with Crippen LogP contribution in [0.4, 0.5) is 0 Å². The van der Waals surface area contributed by atoms with Crippen molar-refractivity contribution >= 4 is 11.8 Å². The van der Waals surface area contributed by atoms with Gasteiger partial charge in [0.2, 0.25) is 0 Å². The first-order valence-electron chi connectivity index (χ1n) is 5.04. The first-order chi connectivity index (χ1) is 7.88. The molecule has 0 aliphatic heterocycles. The predicted octanol–water partition coefficient (Wildman–Crippen LogP) is 3.38. The molecule has 16 heavy (non-hydrogen) atoms. The van der Waals surface area contributed by atoms with E-state index in [0.717, 1.165) is 11.5 Å². The van der Waals surface area contributed by atoms with Gasteiger partial charge in [0, 0.05) is 23.0 Å². The topological polar surface area (TPSA) is 22.1 Å². The minimum Gasteiger partial charge on any atom is -0.497 e. The minimum absolute atomic E-state index is 0.899. The Morgan fingerprint density at radius 1 is 1.25 bits per heavy atom. The third-order valence-corrected chi connectivity index (χ3v) is 3.23. The monoisotopic (exact) mass is 231 g/mol. The highest BCUT2D eigenvalue weighted by Gasteiger charge is 1.98. The van der Waals surface area contributed by atoms with Gasteiger partial charge in [-0.25, -0.2) is 0 Å². The van der Waals surface area contributed by atoms with Crippen LogP contribution in [0, 0.1) is 0 Å². The van der Waals surface area contributed by atoms with E-state index in [0.29, 0.717) is 0 Å². The van der Waals surface area contributed by atoms with Crippen LogP contribution in [0.2, 0.25) is 0 Å². The average molecular weight is 231 g/mol. The van der Waals surface area contributed by atoms with E-state index in [1.807, 2.05) is 30.5 Å². The van der Waals surface area contributed by atoms with Crippen LogP contribution < -0.4 is 4.74 Å². The Kier molecular flexibility index (Phi) is 3.83. The van der Waals surface area contributed by atoms with E-state index >= 15 is 0 Å². The number of aromatic nitrogens is 1. The SMILES string of the molecule is COc1cccc(SCc2cccnc2)c1. The van der Waals surface area contributed by atoms with E-state index in [9.17, 15) is 0 Å². The molecule has 0 aliphatic rings. The number of thioether (sulfide) groups is 1. The van der Waals surface area contributed by atoms with Gasteiger partial charge in [-0.15, -0.1) is 11.8 Å². The second-order valence-electron chi connectivity index (χ2n) is 3.33. The molecule has 0 saturated heterocycles. The van der Waals surface area contributed by atoms with Crippen molar-refractivity contribution in [2.24, 2.45) is 0 Å². The number of hydrogen-bond acceptors (Lipinski definition) is 3. The van der Waals surface area contributed by atoms with E-state index in [1.54, 1.807) is 25.1 Å². The lowest BCUT2D eigenvalue weighted by molar-refractivity contribution is 0.413. The molecule has 0 bridgehead atoms. The van der Waals surface area contributed by atoms with Gasteiger partial charge >= 0.3 is 0 Å². The van der Waals surface area contributed by atoms with Gasteiger partial charge in [0.15, 0.2) is 0 Å². The standard InChI is InChI=1S/C13H13NOS/c1-15-12-5-2-6-13(8-12)16-10-11-4-3-7-14-9-11/h2-9H,10H2,1H3. The first kappa shape index (κ1) is 11.0. The zero-order valence-electron chi connectivity index (χ0n) is 9.09. The molecule has 0 spiro atoms. The molecule has 1 aromatic carbocycles. The first-order valence-corrected chi connectivity index (χ1v) is 6.03. The smallest absolute Gasteiger partial charge is 0.119 e. The highest BCUT2D eigenvalue weighted by atomic mass is 32.2. The number of benzene rings is 1. The van der Waals surface area contributed by atoms with Crippen molar-refractivity contribution in [1.29, 1.82) is 0 Å². The van der Waals surface area contributed by atoms with Crippen LogP contribution >= 0.6 is 11.8 Å². The molecular weight excluding hydrogens is 218 g/mol. The van der Waals surface area contributed by atoms with Crippen LogP contribution in [0.3, 0.4) is 0 Å². The summed E-state index contributed by atoms with van der Waals surface area (Å²) in [5.41, 5.74) is 1.23. The Hall–Kier alpha value is -1.48. The summed E-state index contributed by atoms with van der Waals surface area (Å²) < 4.78 is 5.18. The van der Waals surface area contributed by atoms with Crippen molar-refractivity contribution in [3.05, 3.63) is 54.4 Å². The fraction of sp³-hybridized carbons (Fsp3) is 0.154. The largest absolute Gasteiger partial charge is 0.497 e. The molecule has 82 valence electrons.